The molecule has 11 heavy (non-hydrogen) atoms. The molecule has 68 valence electrons. The van der Waals surface area contributed by atoms with Crippen molar-refractivity contribution in [3.63, 3.8) is 0 Å². The van der Waals surface area contributed by atoms with Crippen LogP contribution in [0.25, 0.3) is 0 Å². The van der Waals surface area contributed by atoms with Gasteiger partial charge in [-0.3, -0.25) is 0 Å². The fraction of sp³-hybridized carbons (Fsp3) is 1.00. The third kappa shape index (κ3) is 5.22. The lowest BCUT2D eigenvalue weighted by molar-refractivity contribution is -0.00378. The Labute approximate surface area is 69.2 Å². The van der Waals surface area contributed by atoms with E-state index >= 15 is 0 Å². The van der Waals surface area contributed by atoms with Crippen molar-refractivity contribution in [1.82, 2.24) is 0 Å². The molecule has 2 unspecified atom stereocenters. The molecule has 0 amide bonds. The Bertz CT molecular complexity index is 99.7. The van der Waals surface area contributed by atoms with Crippen molar-refractivity contribution in [2.24, 2.45) is 0 Å². The quantitative estimate of drug-likeness (QED) is 0.642. The average molecular weight is 160 g/mol. The van der Waals surface area contributed by atoms with E-state index in [0.717, 1.165) is 19.3 Å². The van der Waals surface area contributed by atoms with Gasteiger partial charge in [0.2, 0.25) is 0 Å². The predicted octanol–water partition coefficient (Wildman–Crippen LogP) is 1.70. The molecular formula is C9H20O2. The minimum atomic E-state index is -0.676. The first-order chi connectivity index (χ1) is 5.02. The number of rotatable bonds is 5. The standard InChI is InChI=1S/C9H20O2/c1-4-6-9(3,11)7-8(10)5-2/h8,10-11H,4-7H2,1-3H3. The van der Waals surface area contributed by atoms with Gasteiger partial charge in [0.05, 0.1) is 11.7 Å². The molecule has 0 aromatic heterocycles. The van der Waals surface area contributed by atoms with Crippen LogP contribution >= 0.6 is 0 Å². The zero-order valence-electron chi connectivity index (χ0n) is 7.80. The van der Waals surface area contributed by atoms with E-state index in [0.29, 0.717) is 6.42 Å². The molecule has 0 aliphatic carbocycles. The lowest BCUT2D eigenvalue weighted by atomic mass is 9.93. The van der Waals surface area contributed by atoms with Crippen molar-refractivity contribution in [3.05, 3.63) is 0 Å². The number of aliphatic hydroxyl groups excluding tert-OH is 1. The number of hydrogen-bond donors (Lipinski definition) is 2. The lowest BCUT2D eigenvalue weighted by Gasteiger charge is -2.24. The molecule has 0 aliphatic rings. The van der Waals surface area contributed by atoms with Gasteiger partial charge in [-0.2, -0.15) is 0 Å². The molecule has 0 saturated heterocycles. The molecular weight excluding hydrogens is 140 g/mol. The van der Waals surface area contributed by atoms with E-state index in [9.17, 15) is 10.2 Å². The summed E-state index contributed by atoms with van der Waals surface area (Å²) in [5, 5.41) is 18.9. The minimum absolute atomic E-state index is 0.350. The zero-order chi connectivity index (χ0) is 8.91. The summed E-state index contributed by atoms with van der Waals surface area (Å²) in [6.07, 6.45) is 2.60. The largest absolute Gasteiger partial charge is 0.393 e. The minimum Gasteiger partial charge on any atom is -0.393 e. The average Bonchev–Trinajstić information content (AvgIpc) is 1.86. The Morgan fingerprint density at radius 1 is 1.36 bits per heavy atom. The molecule has 2 N–H and O–H groups in total. The van der Waals surface area contributed by atoms with Crippen LogP contribution in [0.3, 0.4) is 0 Å². The lowest BCUT2D eigenvalue weighted by Crippen LogP contribution is -2.29. The molecule has 0 bridgehead atoms. The van der Waals surface area contributed by atoms with Crippen LogP contribution in [0, 0.1) is 0 Å². The van der Waals surface area contributed by atoms with Crippen LogP contribution in [0.15, 0.2) is 0 Å². The van der Waals surface area contributed by atoms with Crippen LogP contribution in [0.1, 0.15) is 46.5 Å². The molecule has 0 radical (unpaired) electrons. The fourth-order valence-electron chi connectivity index (χ4n) is 1.29. The summed E-state index contributed by atoms with van der Waals surface area (Å²) in [6.45, 7) is 5.74. The fourth-order valence-corrected chi connectivity index (χ4v) is 1.29. The Morgan fingerprint density at radius 3 is 2.27 bits per heavy atom. The second-order valence-corrected chi connectivity index (χ2v) is 3.51. The van der Waals surface area contributed by atoms with Gasteiger partial charge in [-0.15, -0.1) is 0 Å². The van der Waals surface area contributed by atoms with Crippen molar-refractivity contribution >= 4 is 0 Å². The van der Waals surface area contributed by atoms with Crippen molar-refractivity contribution in [2.45, 2.75) is 58.2 Å². The van der Waals surface area contributed by atoms with E-state index in [1.807, 2.05) is 13.8 Å². The highest BCUT2D eigenvalue weighted by molar-refractivity contribution is 4.75. The van der Waals surface area contributed by atoms with Crippen LogP contribution in [-0.2, 0) is 0 Å². The van der Waals surface area contributed by atoms with Crippen molar-refractivity contribution < 1.29 is 10.2 Å². The maximum atomic E-state index is 9.66. The maximum absolute atomic E-state index is 9.66. The van der Waals surface area contributed by atoms with E-state index < -0.39 is 5.60 Å². The summed E-state index contributed by atoms with van der Waals surface area (Å²) in [6, 6.07) is 0. The van der Waals surface area contributed by atoms with Crippen molar-refractivity contribution in [1.29, 1.82) is 0 Å². The number of aliphatic hydroxyl groups is 2. The monoisotopic (exact) mass is 160 g/mol. The summed E-state index contributed by atoms with van der Waals surface area (Å²) in [5.74, 6) is 0. The highest BCUT2D eigenvalue weighted by Gasteiger charge is 2.22. The summed E-state index contributed by atoms with van der Waals surface area (Å²) in [7, 11) is 0. The number of hydrogen-bond acceptors (Lipinski definition) is 2. The summed E-state index contributed by atoms with van der Waals surface area (Å²) < 4.78 is 0. The second-order valence-electron chi connectivity index (χ2n) is 3.51. The van der Waals surface area contributed by atoms with Crippen LogP contribution in [0.2, 0.25) is 0 Å². The first-order valence-corrected chi connectivity index (χ1v) is 4.42. The molecule has 2 heteroatoms. The predicted molar refractivity (Wildman–Crippen MR) is 46.4 cm³/mol. The van der Waals surface area contributed by atoms with Gasteiger partial charge in [0.25, 0.3) is 0 Å². The molecule has 2 atom stereocenters. The smallest absolute Gasteiger partial charge is 0.0644 e. The van der Waals surface area contributed by atoms with Crippen molar-refractivity contribution in [3.8, 4) is 0 Å². The maximum Gasteiger partial charge on any atom is 0.0644 e. The van der Waals surface area contributed by atoms with Gasteiger partial charge in [-0.1, -0.05) is 20.3 Å². The molecule has 0 heterocycles. The van der Waals surface area contributed by atoms with E-state index in [-0.39, 0.29) is 6.10 Å². The zero-order valence-corrected chi connectivity index (χ0v) is 7.80. The summed E-state index contributed by atoms with van der Waals surface area (Å²) in [5.41, 5.74) is -0.676. The van der Waals surface area contributed by atoms with Gasteiger partial charge >= 0.3 is 0 Å². The van der Waals surface area contributed by atoms with Gasteiger partial charge in [0, 0.05) is 6.42 Å². The van der Waals surface area contributed by atoms with Crippen LogP contribution < -0.4 is 0 Å². The summed E-state index contributed by atoms with van der Waals surface area (Å²) in [4.78, 5) is 0. The molecule has 0 rings (SSSR count). The Balaban J connectivity index is 3.70. The van der Waals surface area contributed by atoms with Gasteiger partial charge < -0.3 is 10.2 Å². The molecule has 0 fully saturated rings. The van der Waals surface area contributed by atoms with Crippen molar-refractivity contribution in [2.75, 3.05) is 0 Å². The Kier molecular flexibility index (Phi) is 4.69. The molecule has 0 aromatic rings. The van der Waals surface area contributed by atoms with Gasteiger partial charge in [0.1, 0.15) is 0 Å². The van der Waals surface area contributed by atoms with Crippen LogP contribution in [0.5, 0.6) is 0 Å². The van der Waals surface area contributed by atoms with E-state index in [4.69, 9.17) is 0 Å². The molecule has 0 saturated carbocycles. The third-order valence-corrected chi connectivity index (χ3v) is 1.94. The van der Waals surface area contributed by atoms with E-state index in [1.165, 1.54) is 0 Å². The normalized spacial score (nSPS) is 19.4. The first-order valence-electron chi connectivity index (χ1n) is 4.42. The van der Waals surface area contributed by atoms with E-state index in [2.05, 4.69) is 0 Å². The van der Waals surface area contributed by atoms with Crippen LogP contribution in [0.4, 0.5) is 0 Å². The Morgan fingerprint density at radius 2 is 1.91 bits per heavy atom. The third-order valence-electron chi connectivity index (χ3n) is 1.94. The summed E-state index contributed by atoms with van der Waals surface area (Å²) >= 11 is 0. The highest BCUT2D eigenvalue weighted by atomic mass is 16.3. The highest BCUT2D eigenvalue weighted by Crippen LogP contribution is 2.19. The van der Waals surface area contributed by atoms with Gasteiger partial charge in [-0.05, 0) is 19.8 Å². The molecule has 2 nitrogen and oxygen atoms in total. The van der Waals surface area contributed by atoms with Gasteiger partial charge in [0.15, 0.2) is 0 Å². The second kappa shape index (κ2) is 4.73. The molecule has 0 spiro atoms. The topological polar surface area (TPSA) is 40.5 Å². The molecule has 0 aliphatic heterocycles. The van der Waals surface area contributed by atoms with Gasteiger partial charge in [-0.25, -0.2) is 0 Å². The SMILES string of the molecule is CCCC(C)(O)CC(O)CC. The Hall–Kier alpha value is -0.0800. The molecule has 0 aromatic carbocycles. The van der Waals surface area contributed by atoms with Crippen LogP contribution in [-0.4, -0.2) is 21.9 Å². The van der Waals surface area contributed by atoms with E-state index in [1.54, 1.807) is 6.92 Å². The first kappa shape index (κ1) is 10.9.